The smallest absolute Gasteiger partial charge is 0.239 e. The number of rotatable bonds is 5. The quantitative estimate of drug-likeness (QED) is 0.859. The molecule has 6 heteroatoms. The molecule has 1 unspecified atom stereocenters. The summed E-state index contributed by atoms with van der Waals surface area (Å²) in [4.78, 5) is 16.9. The van der Waals surface area contributed by atoms with E-state index in [2.05, 4.69) is 22.3 Å². The molecule has 1 N–H and O–H groups in total. The number of carbonyl (C=O) groups is 1. The second-order valence-corrected chi connectivity index (χ2v) is 7.82. The van der Waals surface area contributed by atoms with Gasteiger partial charge in [-0.25, -0.2) is 0 Å². The van der Waals surface area contributed by atoms with E-state index in [9.17, 15) is 4.79 Å². The predicted octanol–water partition coefficient (Wildman–Crippen LogP) is 2.42. The van der Waals surface area contributed by atoms with Gasteiger partial charge in [-0.05, 0) is 57.2 Å². The van der Waals surface area contributed by atoms with Crippen molar-refractivity contribution in [1.82, 2.24) is 10.2 Å². The molecule has 1 aromatic carbocycles. The first-order valence-corrected chi connectivity index (χ1v) is 10.4. The van der Waals surface area contributed by atoms with E-state index in [0.29, 0.717) is 6.10 Å². The molecule has 2 aliphatic heterocycles. The largest absolute Gasteiger partial charge is 0.493 e. The number of benzene rings is 1. The molecule has 1 saturated carbocycles. The molecule has 6 nitrogen and oxygen atoms in total. The first-order valence-electron chi connectivity index (χ1n) is 10.4. The standard InChI is InChI=1S/C21H31N3O3/c1-26-19-9-8-16(15-20(19)27-17-5-2-3-6-17)23-11-13-24(14-12-23)21(25)18-7-4-10-22-18/h8-9,15,17-18,22H,2-7,10-14H2,1H3. The van der Waals surface area contributed by atoms with Crippen LogP contribution in [0.15, 0.2) is 18.2 Å². The van der Waals surface area contributed by atoms with Crippen LogP contribution >= 0.6 is 0 Å². The maximum absolute atomic E-state index is 12.6. The van der Waals surface area contributed by atoms with Gasteiger partial charge in [0.25, 0.3) is 0 Å². The van der Waals surface area contributed by atoms with Crippen LogP contribution in [0.1, 0.15) is 38.5 Å². The van der Waals surface area contributed by atoms with E-state index < -0.39 is 0 Å². The topological polar surface area (TPSA) is 54.0 Å². The number of methoxy groups -OCH3 is 1. The lowest BCUT2D eigenvalue weighted by atomic mass is 10.1. The third-order valence-electron chi connectivity index (χ3n) is 6.06. The predicted molar refractivity (Wildman–Crippen MR) is 106 cm³/mol. The van der Waals surface area contributed by atoms with Gasteiger partial charge in [0.1, 0.15) is 0 Å². The fourth-order valence-corrected chi connectivity index (χ4v) is 4.44. The molecule has 1 amide bonds. The van der Waals surface area contributed by atoms with Gasteiger partial charge < -0.3 is 24.6 Å². The van der Waals surface area contributed by atoms with E-state index in [4.69, 9.17) is 9.47 Å². The Morgan fingerprint density at radius 1 is 1.04 bits per heavy atom. The van der Waals surface area contributed by atoms with Crippen LogP contribution in [0.2, 0.25) is 0 Å². The van der Waals surface area contributed by atoms with E-state index >= 15 is 0 Å². The molecule has 0 bridgehead atoms. The first kappa shape index (κ1) is 18.4. The van der Waals surface area contributed by atoms with Gasteiger partial charge in [-0.2, -0.15) is 0 Å². The van der Waals surface area contributed by atoms with Crippen LogP contribution < -0.4 is 19.7 Å². The third-order valence-corrected chi connectivity index (χ3v) is 6.06. The van der Waals surface area contributed by atoms with Gasteiger partial charge in [-0.3, -0.25) is 4.79 Å². The van der Waals surface area contributed by atoms with Crippen LogP contribution in [-0.2, 0) is 4.79 Å². The molecule has 4 rings (SSSR count). The average molecular weight is 373 g/mol. The van der Waals surface area contributed by atoms with Crippen LogP contribution in [0.3, 0.4) is 0 Å². The summed E-state index contributed by atoms with van der Waals surface area (Å²) in [5.41, 5.74) is 1.15. The Labute approximate surface area is 161 Å². The summed E-state index contributed by atoms with van der Waals surface area (Å²) in [7, 11) is 1.69. The minimum Gasteiger partial charge on any atom is -0.493 e. The molecule has 3 aliphatic rings. The highest BCUT2D eigenvalue weighted by Crippen LogP contribution is 2.35. The molecule has 2 saturated heterocycles. The van der Waals surface area contributed by atoms with Crippen molar-refractivity contribution >= 4 is 11.6 Å². The van der Waals surface area contributed by atoms with Crippen molar-refractivity contribution in [2.75, 3.05) is 44.7 Å². The molecule has 27 heavy (non-hydrogen) atoms. The summed E-state index contributed by atoms with van der Waals surface area (Å²) in [6, 6.07) is 6.23. The number of hydrogen-bond donors (Lipinski definition) is 1. The highest BCUT2D eigenvalue weighted by atomic mass is 16.5. The first-order chi connectivity index (χ1) is 13.2. The van der Waals surface area contributed by atoms with Gasteiger partial charge in [0.15, 0.2) is 11.5 Å². The Balaban J connectivity index is 1.39. The minimum absolute atomic E-state index is 0.0314. The van der Waals surface area contributed by atoms with Crippen LogP contribution in [0.5, 0.6) is 11.5 Å². The molecule has 0 aromatic heterocycles. The number of anilines is 1. The number of nitrogens with one attached hydrogen (secondary N) is 1. The Bertz CT molecular complexity index is 646. The summed E-state index contributed by atoms with van der Waals surface area (Å²) in [5, 5.41) is 3.32. The Morgan fingerprint density at radius 2 is 1.81 bits per heavy atom. The van der Waals surface area contributed by atoms with Crippen molar-refractivity contribution in [2.24, 2.45) is 0 Å². The molecule has 148 valence electrons. The summed E-state index contributed by atoms with van der Waals surface area (Å²) in [6.45, 7) is 4.23. The Morgan fingerprint density at radius 3 is 2.48 bits per heavy atom. The normalized spacial score (nSPS) is 23.7. The summed E-state index contributed by atoms with van der Waals surface area (Å²) in [5.74, 6) is 1.91. The van der Waals surface area contributed by atoms with E-state index in [1.807, 2.05) is 11.0 Å². The van der Waals surface area contributed by atoms with Gasteiger partial charge in [0, 0.05) is 37.9 Å². The SMILES string of the molecule is COc1ccc(N2CCN(C(=O)C3CCCN3)CC2)cc1OC1CCCC1. The number of ether oxygens (including phenoxy) is 2. The van der Waals surface area contributed by atoms with Crippen LogP contribution in [0.25, 0.3) is 0 Å². The molecule has 1 aromatic rings. The van der Waals surface area contributed by atoms with Crippen molar-refractivity contribution in [3.05, 3.63) is 18.2 Å². The van der Waals surface area contributed by atoms with Gasteiger partial charge in [0.2, 0.25) is 5.91 Å². The monoisotopic (exact) mass is 373 g/mol. The number of amides is 1. The summed E-state index contributed by atoms with van der Waals surface area (Å²) < 4.78 is 11.7. The lowest BCUT2D eigenvalue weighted by molar-refractivity contribution is -0.133. The average Bonchev–Trinajstić information content (AvgIpc) is 3.42. The molecular formula is C21H31N3O3. The number of nitrogens with zero attached hydrogens (tertiary/aromatic N) is 2. The number of hydrogen-bond acceptors (Lipinski definition) is 5. The Hall–Kier alpha value is -1.95. The zero-order chi connectivity index (χ0) is 18.6. The molecule has 2 heterocycles. The second-order valence-electron chi connectivity index (χ2n) is 7.82. The molecule has 0 radical (unpaired) electrons. The summed E-state index contributed by atoms with van der Waals surface area (Å²) >= 11 is 0. The number of piperazine rings is 1. The zero-order valence-electron chi connectivity index (χ0n) is 16.3. The molecule has 1 aliphatic carbocycles. The van der Waals surface area contributed by atoms with E-state index in [1.54, 1.807) is 7.11 Å². The van der Waals surface area contributed by atoms with Crippen molar-refractivity contribution in [1.29, 1.82) is 0 Å². The highest BCUT2D eigenvalue weighted by molar-refractivity contribution is 5.82. The third kappa shape index (κ3) is 4.15. The maximum Gasteiger partial charge on any atom is 0.239 e. The molecule has 1 atom stereocenters. The fraction of sp³-hybridized carbons (Fsp3) is 0.667. The van der Waals surface area contributed by atoms with Gasteiger partial charge in [0.05, 0.1) is 19.3 Å². The van der Waals surface area contributed by atoms with Crippen LogP contribution in [0.4, 0.5) is 5.69 Å². The summed E-state index contributed by atoms with van der Waals surface area (Å²) in [6.07, 6.45) is 7.14. The van der Waals surface area contributed by atoms with E-state index in [1.165, 1.54) is 12.8 Å². The minimum atomic E-state index is 0.0314. The maximum atomic E-state index is 12.6. The molecular weight excluding hydrogens is 342 g/mol. The van der Waals surface area contributed by atoms with Crippen molar-refractivity contribution in [3.63, 3.8) is 0 Å². The van der Waals surface area contributed by atoms with Crippen LogP contribution in [0, 0.1) is 0 Å². The van der Waals surface area contributed by atoms with Gasteiger partial charge >= 0.3 is 0 Å². The zero-order valence-corrected chi connectivity index (χ0v) is 16.3. The fourth-order valence-electron chi connectivity index (χ4n) is 4.44. The molecule has 0 spiro atoms. The molecule has 3 fully saturated rings. The second kappa shape index (κ2) is 8.38. The van der Waals surface area contributed by atoms with Crippen molar-refractivity contribution in [3.8, 4) is 11.5 Å². The van der Waals surface area contributed by atoms with Crippen molar-refractivity contribution < 1.29 is 14.3 Å². The lowest BCUT2D eigenvalue weighted by Gasteiger charge is -2.37. The van der Waals surface area contributed by atoms with E-state index in [0.717, 1.165) is 75.6 Å². The van der Waals surface area contributed by atoms with E-state index in [-0.39, 0.29) is 11.9 Å². The van der Waals surface area contributed by atoms with Crippen molar-refractivity contribution in [2.45, 2.75) is 50.7 Å². The Kier molecular flexibility index (Phi) is 5.72. The lowest BCUT2D eigenvalue weighted by Crippen LogP contribution is -2.53. The highest BCUT2D eigenvalue weighted by Gasteiger charge is 2.29. The van der Waals surface area contributed by atoms with Crippen LogP contribution in [-0.4, -0.2) is 62.8 Å². The van der Waals surface area contributed by atoms with Gasteiger partial charge in [-0.1, -0.05) is 0 Å². The number of carbonyl (C=O) groups excluding carboxylic acids is 1. The van der Waals surface area contributed by atoms with Gasteiger partial charge in [-0.15, -0.1) is 0 Å².